The Bertz CT molecular complexity index is 453. The quantitative estimate of drug-likeness (QED) is 0.172. The van der Waals surface area contributed by atoms with Crippen molar-refractivity contribution in [3.63, 3.8) is 0 Å². The van der Waals surface area contributed by atoms with Gasteiger partial charge < -0.3 is 21.1 Å². The van der Waals surface area contributed by atoms with Crippen LogP contribution in [0.1, 0.15) is 12.5 Å². The number of aromatic hydroxyl groups is 1. The molecule has 0 bridgehead atoms. The second kappa shape index (κ2) is 5.96. The number of phenols is 1. The SMILES string of the molecule is CC(O)(O)NNC(N)=NN=Cc1cccc(O)c1. The van der Waals surface area contributed by atoms with E-state index < -0.39 is 5.91 Å². The van der Waals surface area contributed by atoms with E-state index in [1.54, 1.807) is 12.1 Å². The molecule has 0 atom stereocenters. The molecule has 0 saturated carbocycles. The van der Waals surface area contributed by atoms with Crippen LogP contribution in [0.15, 0.2) is 34.5 Å². The Morgan fingerprint density at radius 2 is 2.17 bits per heavy atom. The maximum absolute atomic E-state index is 9.20. The molecule has 0 heterocycles. The average Bonchev–Trinajstić information content (AvgIpc) is 2.25. The van der Waals surface area contributed by atoms with Crippen molar-refractivity contribution in [2.24, 2.45) is 15.9 Å². The summed E-state index contributed by atoms with van der Waals surface area (Å²) in [6.07, 6.45) is 1.38. The maximum atomic E-state index is 9.20. The molecule has 18 heavy (non-hydrogen) atoms. The molecular formula is C10H15N5O3. The van der Waals surface area contributed by atoms with E-state index in [4.69, 9.17) is 15.9 Å². The third-order valence-electron chi connectivity index (χ3n) is 1.67. The van der Waals surface area contributed by atoms with E-state index in [9.17, 15) is 5.11 Å². The van der Waals surface area contributed by atoms with Crippen molar-refractivity contribution in [1.29, 1.82) is 0 Å². The van der Waals surface area contributed by atoms with Crippen molar-refractivity contribution in [3.05, 3.63) is 29.8 Å². The van der Waals surface area contributed by atoms with E-state index in [1.165, 1.54) is 18.3 Å². The minimum absolute atomic E-state index is 0.118. The first kappa shape index (κ1) is 13.9. The molecule has 1 aromatic carbocycles. The maximum Gasteiger partial charge on any atom is 0.236 e. The van der Waals surface area contributed by atoms with E-state index in [2.05, 4.69) is 21.1 Å². The van der Waals surface area contributed by atoms with Crippen LogP contribution in [0.25, 0.3) is 0 Å². The van der Waals surface area contributed by atoms with Crippen LogP contribution in [0.5, 0.6) is 5.75 Å². The Kier molecular flexibility index (Phi) is 4.60. The Hall–Kier alpha value is -2.16. The highest BCUT2D eigenvalue weighted by molar-refractivity contribution is 5.82. The normalized spacial score (nSPS) is 12.9. The number of phenolic OH excluding ortho intramolecular Hbond substituents is 1. The van der Waals surface area contributed by atoms with Gasteiger partial charge in [0.2, 0.25) is 11.9 Å². The van der Waals surface area contributed by atoms with Crippen molar-refractivity contribution in [2.75, 3.05) is 0 Å². The number of nitrogens with two attached hydrogens (primary N) is 1. The molecule has 0 saturated heterocycles. The fraction of sp³-hybridized carbons (Fsp3) is 0.200. The summed E-state index contributed by atoms with van der Waals surface area (Å²) in [5.41, 5.74) is 10.3. The summed E-state index contributed by atoms with van der Waals surface area (Å²) in [6, 6.07) is 6.41. The molecule has 8 heteroatoms. The molecule has 0 amide bonds. The second-order valence-electron chi connectivity index (χ2n) is 3.60. The number of nitrogens with one attached hydrogen (secondary N) is 2. The van der Waals surface area contributed by atoms with Gasteiger partial charge in [-0.15, -0.1) is 5.10 Å². The van der Waals surface area contributed by atoms with Gasteiger partial charge in [0, 0.05) is 6.92 Å². The van der Waals surface area contributed by atoms with Crippen LogP contribution >= 0.6 is 0 Å². The standard InChI is InChI=1S/C10H15N5O3/c1-10(17,18)15-14-9(11)13-12-6-7-3-2-4-8(16)5-7/h2-6,15-18H,1H3,(H3,11,13,14). The van der Waals surface area contributed by atoms with Crippen molar-refractivity contribution >= 4 is 12.2 Å². The van der Waals surface area contributed by atoms with Gasteiger partial charge in [-0.25, -0.2) is 0 Å². The van der Waals surface area contributed by atoms with Gasteiger partial charge in [0.15, 0.2) is 0 Å². The number of benzene rings is 1. The number of hydrazine groups is 1. The topological polar surface area (TPSA) is 135 Å². The number of nitrogens with zero attached hydrogens (tertiary/aromatic N) is 2. The van der Waals surface area contributed by atoms with Gasteiger partial charge in [-0.3, -0.25) is 5.43 Å². The Morgan fingerprint density at radius 1 is 1.44 bits per heavy atom. The van der Waals surface area contributed by atoms with Gasteiger partial charge in [-0.2, -0.15) is 10.5 Å². The largest absolute Gasteiger partial charge is 0.508 e. The Morgan fingerprint density at radius 3 is 2.78 bits per heavy atom. The fourth-order valence-electron chi connectivity index (χ4n) is 0.970. The smallest absolute Gasteiger partial charge is 0.236 e. The summed E-state index contributed by atoms with van der Waals surface area (Å²) < 4.78 is 0. The first-order chi connectivity index (χ1) is 8.37. The number of rotatable bonds is 4. The van der Waals surface area contributed by atoms with Gasteiger partial charge >= 0.3 is 0 Å². The molecule has 0 radical (unpaired) electrons. The lowest BCUT2D eigenvalue weighted by Crippen LogP contribution is -2.54. The Labute approximate surface area is 103 Å². The number of hydrogen-bond acceptors (Lipinski definition) is 6. The van der Waals surface area contributed by atoms with Crippen molar-refractivity contribution < 1.29 is 15.3 Å². The van der Waals surface area contributed by atoms with Crippen LogP contribution in [0, 0.1) is 0 Å². The molecule has 1 rings (SSSR count). The first-order valence-corrected chi connectivity index (χ1v) is 5.00. The molecule has 0 aliphatic rings. The second-order valence-corrected chi connectivity index (χ2v) is 3.60. The minimum Gasteiger partial charge on any atom is -0.508 e. The lowest BCUT2D eigenvalue weighted by Gasteiger charge is -2.17. The van der Waals surface area contributed by atoms with E-state index in [-0.39, 0.29) is 11.7 Å². The zero-order chi connectivity index (χ0) is 13.6. The monoisotopic (exact) mass is 253 g/mol. The van der Waals surface area contributed by atoms with Crippen LogP contribution in [-0.4, -0.2) is 33.4 Å². The number of guanidine groups is 1. The summed E-state index contributed by atoms with van der Waals surface area (Å²) in [4.78, 5) is 0. The summed E-state index contributed by atoms with van der Waals surface area (Å²) >= 11 is 0. The van der Waals surface area contributed by atoms with E-state index in [1.807, 2.05) is 0 Å². The van der Waals surface area contributed by atoms with Crippen molar-refractivity contribution in [3.8, 4) is 5.75 Å². The van der Waals surface area contributed by atoms with Crippen molar-refractivity contribution in [1.82, 2.24) is 10.9 Å². The molecular weight excluding hydrogens is 238 g/mol. The van der Waals surface area contributed by atoms with Crippen LogP contribution in [0.3, 0.4) is 0 Å². The lowest BCUT2D eigenvalue weighted by atomic mass is 10.2. The highest BCUT2D eigenvalue weighted by Gasteiger charge is 2.12. The zero-order valence-electron chi connectivity index (χ0n) is 9.70. The molecule has 7 N–H and O–H groups in total. The summed E-state index contributed by atoms with van der Waals surface area (Å²) in [7, 11) is 0. The average molecular weight is 253 g/mol. The molecule has 8 nitrogen and oxygen atoms in total. The molecule has 0 fully saturated rings. The zero-order valence-corrected chi connectivity index (χ0v) is 9.70. The Balaban J connectivity index is 2.52. The van der Waals surface area contributed by atoms with E-state index in [0.717, 1.165) is 6.92 Å². The predicted octanol–water partition coefficient (Wildman–Crippen LogP) is -1.21. The highest BCUT2D eigenvalue weighted by atomic mass is 16.5. The van der Waals surface area contributed by atoms with Gasteiger partial charge in [0.05, 0.1) is 6.21 Å². The molecule has 0 unspecified atom stereocenters. The van der Waals surface area contributed by atoms with Crippen LogP contribution in [0.2, 0.25) is 0 Å². The lowest BCUT2D eigenvalue weighted by molar-refractivity contribution is -0.174. The third-order valence-corrected chi connectivity index (χ3v) is 1.67. The van der Waals surface area contributed by atoms with Crippen LogP contribution < -0.4 is 16.6 Å². The van der Waals surface area contributed by atoms with Gasteiger partial charge in [0.25, 0.3) is 0 Å². The molecule has 0 spiro atoms. The molecule has 0 aromatic heterocycles. The molecule has 1 aromatic rings. The summed E-state index contributed by atoms with van der Waals surface area (Å²) in [6.45, 7) is 1.10. The molecule has 0 aliphatic carbocycles. The van der Waals surface area contributed by atoms with Crippen LogP contribution in [-0.2, 0) is 0 Å². The van der Waals surface area contributed by atoms with Crippen molar-refractivity contribution in [2.45, 2.75) is 12.8 Å². The third kappa shape index (κ3) is 5.80. The summed E-state index contributed by atoms with van der Waals surface area (Å²) in [5.74, 6) is -2.15. The molecule has 0 aliphatic heterocycles. The molecule has 98 valence electrons. The first-order valence-electron chi connectivity index (χ1n) is 5.00. The highest BCUT2D eigenvalue weighted by Crippen LogP contribution is 2.08. The van der Waals surface area contributed by atoms with Gasteiger partial charge in [-0.1, -0.05) is 12.1 Å². The van der Waals surface area contributed by atoms with E-state index in [0.29, 0.717) is 5.56 Å². The predicted molar refractivity (Wildman–Crippen MR) is 66.4 cm³/mol. The van der Waals surface area contributed by atoms with Gasteiger partial charge in [-0.05, 0) is 17.7 Å². The number of hydrogen-bond donors (Lipinski definition) is 6. The van der Waals surface area contributed by atoms with Crippen LogP contribution in [0.4, 0.5) is 0 Å². The fourth-order valence-corrected chi connectivity index (χ4v) is 0.970. The minimum atomic E-state index is -2.12. The number of aliphatic hydroxyl groups is 2. The van der Waals surface area contributed by atoms with E-state index >= 15 is 0 Å². The summed E-state index contributed by atoms with van der Waals surface area (Å²) in [5, 5.41) is 34.2. The van der Waals surface area contributed by atoms with Gasteiger partial charge in [0.1, 0.15) is 5.75 Å².